The number of anilines is 1. The Labute approximate surface area is 121 Å². The van der Waals surface area contributed by atoms with E-state index in [9.17, 15) is 0 Å². The maximum Gasteiger partial charge on any atom is 0.260 e. The van der Waals surface area contributed by atoms with Crippen LogP contribution in [0.15, 0.2) is 47.2 Å². The molecule has 0 unspecified atom stereocenters. The fourth-order valence-corrected chi connectivity index (χ4v) is 2.06. The average molecular weight is 282 g/mol. The highest BCUT2D eigenvalue weighted by atomic mass is 16.5. The average Bonchev–Trinajstić information content (AvgIpc) is 2.96. The van der Waals surface area contributed by atoms with Gasteiger partial charge in [0, 0.05) is 18.2 Å². The molecule has 1 aromatic carbocycles. The van der Waals surface area contributed by atoms with E-state index in [1.165, 1.54) is 0 Å². The summed E-state index contributed by atoms with van der Waals surface area (Å²) >= 11 is 0. The van der Waals surface area contributed by atoms with E-state index >= 15 is 0 Å². The summed E-state index contributed by atoms with van der Waals surface area (Å²) in [6.07, 6.45) is 3.72. The van der Waals surface area contributed by atoms with Crippen molar-refractivity contribution in [1.29, 1.82) is 0 Å². The third kappa shape index (κ3) is 2.69. The van der Waals surface area contributed by atoms with E-state index in [1.54, 1.807) is 25.6 Å². The molecular formula is C15H14N4O2. The molecule has 21 heavy (non-hydrogen) atoms. The topological polar surface area (TPSA) is 87.1 Å². The first kappa shape index (κ1) is 13.1. The van der Waals surface area contributed by atoms with Crippen LogP contribution in [0.2, 0.25) is 0 Å². The van der Waals surface area contributed by atoms with Gasteiger partial charge in [0.1, 0.15) is 5.75 Å². The number of nitrogens with two attached hydrogens (primary N) is 1. The van der Waals surface area contributed by atoms with E-state index in [2.05, 4.69) is 15.1 Å². The molecule has 3 rings (SSSR count). The van der Waals surface area contributed by atoms with Gasteiger partial charge >= 0.3 is 0 Å². The van der Waals surface area contributed by atoms with E-state index in [4.69, 9.17) is 15.0 Å². The maximum atomic E-state index is 5.85. The molecule has 2 N–H and O–H groups in total. The lowest BCUT2D eigenvalue weighted by Crippen LogP contribution is -1.95. The molecule has 6 heteroatoms. The summed E-state index contributed by atoms with van der Waals surface area (Å²) < 4.78 is 10.6. The summed E-state index contributed by atoms with van der Waals surface area (Å²) in [6.45, 7) is 0. The second-order valence-corrected chi connectivity index (χ2v) is 4.47. The fraction of sp³-hybridized carbons (Fsp3) is 0.133. The van der Waals surface area contributed by atoms with E-state index in [0.29, 0.717) is 29.4 Å². The van der Waals surface area contributed by atoms with Crippen LogP contribution < -0.4 is 10.5 Å². The number of pyridine rings is 1. The normalized spacial score (nSPS) is 10.5. The number of methoxy groups -OCH3 is 1. The van der Waals surface area contributed by atoms with E-state index in [1.807, 2.05) is 24.3 Å². The van der Waals surface area contributed by atoms with Crippen molar-refractivity contribution < 1.29 is 9.26 Å². The molecule has 0 aliphatic carbocycles. The van der Waals surface area contributed by atoms with Gasteiger partial charge in [0.05, 0.1) is 24.6 Å². The Morgan fingerprint density at radius 2 is 2.10 bits per heavy atom. The van der Waals surface area contributed by atoms with Crippen LogP contribution in [0.4, 0.5) is 5.69 Å². The summed E-state index contributed by atoms with van der Waals surface area (Å²) in [5.74, 6) is 1.76. The van der Waals surface area contributed by atoms with Crippen molar-refractivity contribution in [2.45, 2.75) is 6.42 Å². The summed E-state index contributed by atoms with van der Waals surface area (Å²) in [5, 5.41) is 3.99. The first-order valence-electron chi connectivity index (χ1n) is 6.42. The van der Waals surface area contributed by atoms with Crippen molar-refractivity contribution in [2.24, 2.45) is 0 Å². The minimum absolute atomic E-state index is 0.389. The van der Waals surface area contributed by atoms with Crippen LogP contribution in [0.3, 0.4) is 0 Å². The predicted octanol–water partition coefficient (Wildman–Crippen LogP) is 2.31. The number of ether oxygens (including phenoxy) is 1. The van der Waals surface area contributed by atoms with Crippen molar-refractivity contribution in [3.05, 3.63) is 54.1 Å². The highest BCUT2D eigenvalue weighted by molar-refractivity contribution is 5.68. The fourth-order valence-electron chi connectivity index (χ4n) is 2.06. The second-order valence-electron chi connectivity index (χ2n) is 4.47. The SMILES string of the molecule is COc1ccccc1Cc1noc(-c2ccncc2N)n1. The van der Waals surface area contributed by atoms with Gasteiger partial charge in [-0.2, -0.15) is 4.98 Å². The van der Waals surface area contributed by atoms with Crippen molar-refractivity contribution in [1.82, 2.24) is 15.1 Å². The lowest BCUT2D eigenvalue weighted by atomic mass is 10.1. The number of nitrogen functional groups attached to an aromatic ring is 1. The molecule has 0 spiro atoms. The van der Waals surface area contributed by atoms with E-state index in [0.717, 1.165) is 11.3 Å². The molecule has 0 fully saturated rings. The molecule has 106 valence electrons. The molecule has 0 radical (unpaired) electrons. The Morgan fingerprint density at radius 3 is 2.90 bits per heavy atom. The standard InChI is InChI=1S/C15H14N4O2/c1-20-13-5-3-2-4-10(13)8-14-18-15(21-19-14)11-6-7-17-9-12(11)16/h2-7,9H,8,16H2,1H3. The lowest BCUT2D eigenvalue weighted by Gasteiger charge is -2.05. The van der Waals surface area contributed by atoms with Crippen molar-refractivity contribution in [3.8, 4) is 17.2 Å². The molecule has 6 nitrogen and oxygen atoms in total. The molecule has 2 heterocycles. The van der Waals surface area contributed by atoms with Crippen LogP contribution in [0.1, 0.15) is 11.4 Å². The Balaban J connectivity index is 1.87. The van der Waals surface area contributed by atoms with Gasteiger partial charge < -0.3 is 15.0 Å². The highest BCUT2D eigenvalue weighted by Gasteiger charge is 2.13. The zero-order valence-corrected chi connectivity index (χ0v) is 11.5. The van der Waals surface area contributed by atoms with Gasteiger partial charge in [-0.15, -0.1) is 0 Å². The van der Waals surface area contributed by atoms with Gasteiger partial charge in [0.2, 0.25) is 0 Å². The second kappa shape index (κ2) is 5.62. The van der Waals surface area contributed by atoms with Gasteiger partial charge in [0.25, 0.3) is 5.89 Å². The van der Waals surface area contributed by atoms with Crippen LogP contribution in [0, 0.1) is 0 Å². The Morgan fingerprint density at radius 1 is 1.24 bits per heavy atom. The lowest BCUT2D eigenvalue weighted by molar-refractivity contribution is 0.408. The summed E-state index contributed by atoms with van der Waals surface area (Å²) in [7, 11) is 1.64. The Bertz CT molecular complexity index is 755. The summed E-state index contributed by atoms with van der Waals surface area (Å²) in [6, 6.07) is 9.48. The number of hydrogen-bond donors (Lipinski definition) is 1. The molecular weight excluding hydrogens is 268 g/mol. The van der Waals surface area contributed by atoms with Crippen molar-refractivity contribution in [3.63, 3.8) is 0 Å². The van der Waals surface area contributed by atoms with Gasteiger partial charge in [-0.25, -0.2) is 0 Å². The van der Waals surface area contributed by atoms with Gasteiger partial charge in [-0.3, -0.25) is 4.98 Å². The first-order chi connectivity index (χ1) is 10.3. The van der Waals surface area contributed by atoms with E-state index < -0.39 is 0 Å². The van der Waals surface area contributed by atoms with Gasteiger partial charge in [0.15, 0.2) is 5.82 Å². The zero-order valence-electron chi connectivity index (χ0n) is 11.5. The largest absolute Gasteiger partial charge is 0.496 e. The van der Waals surface area contributed by atoms with Crippen molar-refractivity contribution in [2.75, 3.05) is 12.8 Å². The highest BCUT2D eigenvalue weighted by Crippen LogP contribution is 2.24. The number of para-hydroxylation sites is 1. The summed E-state index contributed by atoms with van der Waals surface area (Å²) in [5.41, 5.74) is 8.03. The van der Waals surface area contributed by atoms with Crippen LogP contribution >= 0.6 is 0 Å². The number of benzene rings is 1. The number of rotatable bonds is 4. The van der Waals surface area contributed by atoms with Gasteiger partial charge in [-0.05, 0) is 12.1 Å². The Hall–Kier alpha value is -2.89. The van der Waals surface area contributed by atoms with E-state index in [-0.39, 0.29) is 0 Å². The molecule has 0 saturated carbocycles. The Kier molecular flexibility index (Phi) is 3.51. The third-order valence-electron chi connectivity index (χ3n) is 3.09. The van der Waals surface area contributed by atoms with Crippen LogP contribution in [-0.4, -0.2) is 22.2 Å². The minimum atomic E-state index is 0.389. The molecule has 2 aromatic heterocycles. The smallest absolute Gasteiger partial charge is 0.260 e. The molecule has 0 atom stereocenters. The van der Waals surface area contributed by atoms with Gasteiger partial charge in [-0.1, -0.05) is 23.4 Å². The molecule has 0 bridgehead atoms. The monoisotopic (exact) mass is 282 g/mol. The minimum Gasteiger partial charge on any atom is -0.496 e. The number of aromatic nitrogens is 3. The van der Waals surface area contributed by atoms with Crippen LogP contribution in [0.25, 0.3) is 11.5 Å². The molecule has 3 aromatic rings. The van der Waals surface area contributed by atoms with Crippen LogP contribution in [0.5, 0.6) is 5.75 Å². The quantitative estimate of drug-likeness (QED) is 0.790. The number of nitrogens with zero attached hydrogens (tertiary/aromatic N) is 3. The first-order valence-corrected chi connectivity index (χ1v) is 6.42. The summed E-state index contributed by atoms with van der Waals surface area (Å²) in [4.78, 5) is 8.31. The molecule has 0 amide bonds. The molecule has 0 aliphatic rings. The maximum absolute atomic E-state index is 5.85. The van der Waals surface area contributed by atoms with Crippen molar-refractivity contribution >= 4 is 5.69 Å². The zero-order chi connectivity index (χ0) is 14.7. The number of hydrogen-bond acceptors (Lipinski definition) is 6. The molecule has 0 aliphatic heterocycles. The molecule has 0 saturated heterocycles. The van der Waals surface area contributed by atoms with Crippen LogP contribution in [-0.2, 0) is 6.42 Å². The third-order valence-corrected chi connectivity index (χ3v) is 3.09. The predicted molar refractivity (Wildman–Crippen MR) is 77.7 cm³/mol.